The zero-order valence-corrected chi connectivity index (χ0v) is 10.5. The quantitative estimate of drug-likeness (QED) is 0.700. The number of nitrogens with two attached hydrogens (primary N) is 2. The third-order valence-electron chi connectivity index (χ3n) is 2.62. The van der Waals surface area contributed by atoms with Gasteiger partial charge in [0.25, 0.3) is 0 Å². The first-order valence-corrected chi connectivity index (χ1v) is 5.53. The first-order valence-electron chi connectivity index (χ1n) is 5.53. The van der Waals surface area contributed by atoms with E-state index in [1.54, 1.807) is 24.3 Å². The number of benzene rings is 1. The fraction of sp³-hybridized carbons (Fsp3) is 0.462. The lowest BCUT2D eigenvalue weighted by atomic mass is 9.76. The van der Waals surface area contributed by atoms with Crippen molar-refractivity contribution < 1.29 is 9.90 Å². The van der Waals surface area contributed by atoms with Crippen molar-refractivity contribution in [2.75, 3.05) is 5.73 Å². The van der Waals surface area contributed by atoms with Gasteiger partial charge < -0.3 is 16.6 Å². The molecule has 1 atom stereocenters. The topological polar surface area (TPSA) is 89.3 Å². The predicted octanol–water partition coefficient (Wildman–Crippen LogP) is 1.94. The Balaban J connectivity index is 3.16. The maximum absolute atomic E-state index is 11.4. The molecule has 4 nitrogen and oxygen atoms in total. The monoisotopic (exact) mass is 236 g/mol. The third-order valence-corrected chi connectivity index (χ3v) is 2.62. The standard InChI is InChI=1S/C13H20N2O2/c1-12(2,3)8-13(15,11(16)17)9-4-6-10(14)7-5-9/h4-7H,8,14-15H2,1-3H3,(H,16,17)/t13-/m1/s1. The Bertz CT molecular complexity index is 406. The Morgan fingerprint density at radius 3 is 2.06 bits per heavy atom. The van der Waals surface area contributed by atoms with E-state index in [2.05, 4.69) is 0 Å². The maximum atomic E-state index is 11.4. The summed E-state index contributed by atoms with van der Waals surface area (Å²) in [5.41, 5.74) is 11.3. The minimum atomic E-state index is -1.37. The molecule has 0 saturated carbocycles. The Hall–Kier alpha value is -1.55. The lowest BCUT2D eigenvalue weighted by Crippen LogP contribution is -2.47. The van der Waals surface area contributed by atoms with Crippen molar-refractivity contribution in [3.05, 3.63) is 29.8 Å². The molecule has 0 spiro atoms. The molecule has 1 aromatic carbocycles. The van der Waals surface area contributed by atoms with E-state index in [1.165, 1.54) is 0 Å². The van der Waals surface area contributed by atoms with Crippen LogP contribution in [0.3, 0.4) is 0 Å². The van der Waals surface area contributed by atoms with Gasteiger partial charge in [-0.3, -0.25) is 0 Å². The fourth-order valence-electron chi connectivity index (χ4n) is 1.92. The summed E-state index contributed by atoms with van der Waals surface area (Å²) < 4.78 is 0. The van der Waals surface area contributed by atoms with Crippen LogP contribution in [-0.4, -0.2) is 11.1 Å². The summed E-state index contributed by atoms with van der Waals surface area (Å²) in [6.45, 7) is 5.90. The van der Waals surface area contributed by atoms with Crippen LogP contribution in [0.25, 0.3) is 0 Å². The molecule has 0 aliphatic carbocycles. The van der Waals surface area contributed by atoms with E-state index in [9.17, 15) is 9.90 Å². The van der Waals surface area contributed by atoms with Gasteiger partial charge in [-0.2, -0.15) is 0 Å². The Morgan fingerprint density at radius 1 is 1.24 bits per heavy atom. The lowest BCUT2D eigenvalue weighted by molar-refractivity contribution is -0.145. The summed E-state index contributed by atoms with van der Waals surface area (Å²) in [6.07, 6.45) is 0.360. The van der Waals surface area contributed by atoms with Crippen LogP contribution in [0.15, 0.2) is 24.3 Å². The van der Waals surface area contributed by atoms with Gasteiger partial charge in [-0.1, -0.05) is 32.9 Å². The Kier molecular flexibility index (Phi) is 3.48. The molecule has 0 fully saturated rings. The highest BCUT2D eigenvalue weighted by Crippen LogP contribution is 2.33. The van der Waals surface area contributed by atoms with E-state index >= 15 is 0 Å². The predicted molar refractivity (Wildman–Crippen MR) is 68.4 cm³/mol. The van der Waals surface area contributed by atoms with Crippen molar-refractivity contribution >= 4 is 11.7 Å². The molecule has 0 unspecified atom stereocenters. The molecule has 17 heavy (non-hydrogen) atoms. The van der Waals surface area contributed by atoms with Crippen molar-refractivity contribution in [2.24, 2.45) is 11.1 Å². The number of rotatable bonds is 3. The summed E-state index contributed by atoms with van der Waals surface area (Å²) in [4.78, 5) is 11.4. The molecule has 0 saturated heterocycles. The average Bonchev–Trinajstić information content (AvgIpc) is 2.15. The smallest absolute Gasteiger partial charge is 0.328 e. The van der Waals surface area contributed by atoms with Gasteiger partial charge in [0.05, 0.1) is 0 Å². The average molecular weight is 236 g/mol. The molecule has 94 valence electrons. The van der Waals surface area contributed by atoms with Crippen LogP contribution >= 0.6 is 0 Å². The van der Waals surface area contributed by atoms with E-state index in [-0.39, 0.29) is 5.41 Å². The summed E-state index contributed by atoms with van der Waals surface area (Å²) in [6, 6.07) is 6.69. The van der Waals surface area contributed by atoms with Crippen molar-refractivity contribution in [2.45, 2.75) is 32.7 Å². The van der Waals surface area contributed by atoms with Gasteiger partial charge in [0.15, 0.2) is 0 Å². The van der Waals surface area contributed by atoms with Gasteiger partial charge in [-0.25, -0.2) is 4.79 Å². The highest BCUT2D eigenvalue weighted by atomic mass is 16.4. The number of hydrogen-bond acceptors (Lipinski definition) is 3. The molecule has 0 bridgehead atoms. The molecule has 0 amide bonds. The summed E-state index contributed by atoms with van der Waals surface area (Å²) in [5.74, 6) is -1.02. The molecule has 4 heteroatoms. The Morgan fingerprint density at radius 2 is 1.71 bits per heavy atom. The zero-order valence-electron chi connectivity index (χ0n) is 10.5. The molecule has 0 aromatic heterocycles. The van der Waals surface area contributed by atoms with Crippen LogP contribution in [0.5, 0.6) is 0 Å². The van der Waals surface area contributed by atoms with Gasteiger partial charge in [-0.15, -0.1) is 0 Å². The van der Waals surface area contributed by atoms with Crippen LogP contribution in [0.4, 0.5) is 5.69 Å². The number of anilines is 1. The second-order valence-electron chi connectivity index (χ2n) is 5.64. The van der Waals surface area contributed by atoms with E-state index in [0.717, 1.165) is 0 Å². The van der Waals surface area contributed by atoms with E-state index in [4.69, 9.17) is 11.5 Å². The first-order chi connectivity index (χ1) is 7.65. The molecule has 0 heterocycles. The molecule has 0 radical (unpaired) electrons. The fourth-order valence-corrected chi connectivity index (χ4v) is 1.92. The first kappa shape index (κ1) is 13.5. The lowest BCUT2D eigenvalue weighted by Gasteiger charge is -2.32. The number of hydrogen-bond donors (Lipinski definition) is 3. The minimum Gasteiger partial charge on any atom is -0.480 e. The Labute approximate surface area is 102 Å². The van der Waals surface area contributed by atoms with Crippen LogP contribution in [0.1, 0.15) is 32.8 Å². The SMILES string of the molecule is CC(C)(C)C[C@](N)(C(=O)O)c1ccc(N)cc1. The maximum Gasteiger partial charge on any atom is 0.328 e. The highest BCUT2D eigenvalue weighted by molar-refractivity contribution is 5.80. The van der Waals surface area contributed by atoms with Gasteiger partial charge in [0.2, 0.25) is 0 Å². The van der Waals surface area contributed by atoms with Gasteiger partial charge >= 0.3 is 5.97 Å². The minimum absolute atomic E-state index is 0.172. The normalized spacial score (nSPS) is 15.3. The second-order valence-corrected chi connectivity index (χ2v) is 5.64. The molecular formula is C13H20N2O2. The zero-order chi connectivity index (χ0) is 13.3. The number of aliphatic carboxylic acids is 1. The number of carboxylic acid groups (broad SMARTS) is 1. The summed E-state index contributed by atoms with van der Waals surface area (Å²) >= 11 is 0. The van der Waals surface area contributed by atoms with Crippen LogP contribution in [0.2, 0.25) is 0 Å². The molecule has 0 aliphatic rings. The molecule has 5 N–H and O–H groups in total. The highest BCUT2D eigenvalue weighted by Gasteiger charge is 2.39. The second kappa shape index (κ2) is 4.37. The van der Waals surface area contributed by atoms with Crippen LogP contribution < -0.4 is 11.5 Å². The van der Waals surface area contributed by atoms with Crippen molar-refractivity contribution in [3.63, 3.8) is 0 Å². The molecule has 0 aliphatic heterocycles. The van der Waals surface area contributed by atoms with Crippen LogP contribution in [0, 0.1) is 5.41 Å². The van der Waals surface area contributed by atoms with Gasteiger partial charge in [0.1, 0.15) is 5.54 Å². The molecular weight excluding hydrogens is 216 g/mol. The van der Waals surface area contributed by atoms with Crippen molar-refractivity contribution in [1.29, 1.82) is 0 Å². The van der Waals surface area contributed by atoms with Crippen LogP contribution in [-0.2, 0) is 10.3 Å². The van der Waals surface area contributed by atoms with E-state index in [1.807, 2.05) is 20.8 Å². The molecule has 1 aromatic rings. The molecule has 1 rings (SSSR count). The number of carbonyl (C=O) groups is 1. The summed E-state index contributed by atoms with van der Waals surface area (Å²) in [5, 5.41) is 9.36. The largest absolute Gasteiger partial charge is 0.480 e. The van der Waals surface area contributed by atoms with E-state index < -0.39 is 11.5 Å². The van der Waals surface area contributed by atoms with E-state index in [0.29, 0.717) is 17.7 Å². The van der Waals surface area contributed by atoms with Crippen molar-refractivity contribution in [3.8, 4) is 0 Å². The number of nitrogen functional groups attached to an aromatic ring is 1. The van der Waals surface area contributed by atoms with Gasteiger partial charge in [0, 0.05) is 5.69 Å². The van der Waals surface area contributed by atoms with Crippen molar-refractivity contribution in [1.82, 2.24) is 0 Å². The van der Waals surface area contributed by atoms with Gasteiger partial charge in [-0.05, 0) is 29.5 Å². The number of carboxylic acids is 1. The third kappa shape index (κ3) is 3.20. The summed E-state index contributed by atoms with van der Waals surface area (Å²) in [7, 11) is 0.